The first kappa shape index (κ1) is 17.7. The highest BCUT2D eigenvalue weighted by molar-refractivity contribution is 6.33. The molecule has 1 heterocycles. The van der Waals surface area contributed by atoms with Crippen molar-refractivity contribution < 1.29 is 14.0 Å². The van der Waals surface area contributed by atoms with E-state index >= 15 is 0 Å². The molecule has 24 heavy (non-hydrogen) atoms. The predicted octanol–water partition coefficient (Wildman–Crippen LogP) is 2.00. The van der Waals surface area contributed by atoms with E-state index in [2.05, 4.69) is 5.32 Å². The minimum atomic E-state index is -0.853. The minimum Gasteiger partial charge on any atom is -0.365 e. The summed E-state index contributed by atoms with van der Waals surface area (Å²) < 4.78 is 14.1. The van der Waals surface area contributed by atoms with Crippen molar-refractivity contribution in [2.75, 3.05) is 5.32 Å². The largest absolute Gasteiger partial charge is 0.365 e. The molecule has 2 aromatic rings. The lowest BCUT2D eigenvalue weighted by atomic mass is 10.1. The number of carbonyl (C=O) groups is 2. The van der Waals surface area contributed by atoms with Gasteiger partial charge in [-0.25, -0.2) is 4.39 Å². The molecule has 126 valence electrons. The monoisotopic (exact) mass is 351 g/mol. The molecule has 3 N–H and O–H groups in total. The van der Waals surface area contributed by atoms with Gasteiger partial charge in [-0.3, -0.25) is 14.4 Å². The standard InChI is InChI=1S/C16H15ClFN3O3/c1-8-5-9(2)21(16(24)14(8)15(19)23)7-13(22)20-12-4-3-10(18)6-11(12)17/h3-6H,7H2,1-2H3,(H2,19,23)(H,20,22). The Morgan fingerprint density at radius 2 is 1.96 bits per heavy atom. The molecule has 6 nitrogen and oxygen atoms in total. The number of nitrogens with one attached hydrogen (secondary N) is 1. The summed E-state index contributed by atoms with van der Waals surface area (Å²) in [5, 5.41) is 2.53. The molecule has 0 fully saturated rings. The molecule has 0 spiro atoms. The van der Waals surface area contributed by atoms with Gasteiger partial charge < -0.3 is 15.6 Å². The normalized spacial score (nSPS) is 10.5. The number of benzene rings is 1. The van der Waals surface area contributed by atoms with E-state index in [4.69, 9.17) is 17.3 Å². The molecule has 2 rings (SSSR count). The number of aryl methyl sites for hydroxylation is 2. The fourth-order valence-electron chi connectivity index (χ4n) is 2.35. The van der Waals surface area contributed by atoms with Crippen molar-refractivity contribution in [3.05, 3.63) is 62.3 Å². The van der Waals surface area contributed by atoms with Crippen LogP contribution in [0.3, 0.4) is 0 Å². The minimum absolute atomic E-state index is 0.0363. The quantitative estimate of drug-likeness (QED) is 0.882. The number of pyridine rings is 1. The Hall–Kier alpha value is -2.67. The van der Waals surface area contributed by atoms with Gasteiger partial charge in [0.05, 0.1) is 10.7 Å². The number of amides is 2. The lowest BCUT2D eigenvalue weighted by Crippen LogP contribution is -2.35. The highest BCUT2D eigenvalue weighted by Crippen LogP contribution is 2.22. The van der Waals surface area contributed by atoms with Gasteiger partial charge in [-0.05, 0) is 43.7 Å². The second-order valence-electron chi connectivity index (χ2n) is 5.27. The van der Waals surface area contributed by atoms with Gasteiger partial charge in [0.15, 0.2) is 0 Å². The molecule has 0 bridgehead atoms. The molecular weight excluding hydrogens is 337 g/mol. The molecular formula is C16H15ClFN3O3. The SMILES string of the molecule is Cc1cc(C)n(CC(=O)Nc2ccc(F)cc2Cl)c(=O)c1C(N)=O. The van der Waals surface area contributed by atoms with Gasteiger partial charge in [0, 0.05) is 5.69 Å². The van der Waals surface area contributed by atoms with Crippen molar-refractivity contribution in [2.24, 2.45) is 5.73 Å². The molecule has 0 saturated heterocycles. The molecule has 0 atom stereocenters. The van der Waals surface area contributed by atoms with Crippen LogP contribution in [-0.2, 0) is 11.3 Å². The summed E-state index contributed by atoms with van der Waals surface area (Å²) in [5.74, 6) is -1.93. The van der Waals surface area contributed by atoms with Gasteiger partial charge in [0.2, 0.25) is 5.91 Å². The van der Waals surface area contributed by atoms with Crippen LogP contribution in [0.15, 0.2) is 29.1 Å². The molecule has 1 aromatic carbocycles. The maximum Gasteiger partial charge on any atom is 0.264 e. The highest BCUT2D eigenvalue weighted by atomic mass is 35.5. The average Bonchev–Trinajstić information content (AvgIpc) is 2.46. The smallest absolute Gasteiger partial charge is 0.264 e. The van der Waals surface area contributed by atoms with Crippen molar-refractivity contribution in [2.45, 2.75) is 20.4 Å². The third kappa shape index (κ3) is 3.62. The van der Waals surface area contributed by atoms with Crippen LogP contribution in [0.4, 0.5) is 10.1 Å². The van der Waals surface area contributed by atoms with Gasteiger partial charge >= 0.3 is 0 Å². The molecule has 0 aliphatic carbocycles. The van der Waals surface area contributed by atoms with Crippen molar-refractivity contribution in [1.29, 1.82) is 0 Å². The Morgan fingerprint density at radius 1 is 1.29 bits per heavy atom. The lowest BCUT2D eigenvalue weighted by Gasteiger charge is -2.13. The summed E-state index contributed by atoms with van der Waals surface area (Å²) in [6.45, 7) is 2.90. The Morgan fingerprint density at radius 3 is 2.54 bits per heavy atom. The van der Waals surface area contributed by atoms with Crippen molar-refractivity contribution >= 4 is 29.1 Å². The summed E-state index contributed by atoms with van der Waals surface area (Å²) in [6, 6.07) is 5.12. The molecule has 0 unspecified atom stereocenters. The summed E-state index contributed by atoms with van der Waals surface area (Å²) in [7, 11) is 0. The van der Waals surface area contributed by atoms with Crippen molar-refractivity contribution in [3.8, 4) is 0 Å². The number of primary amides is 1. The first-order valence-electron chi connectivity index (χ1n) is 6.96. The maximum atomic E-state index is 13.0. The summed E-state index contributed by atoms with van der Waals surface area (Å²) in [4.78, 5) is 35.9. The molecule has 0 saturated carbocycles. The Bertz CT molecular complexity index is 893. The van der Waals surface area contributed by atoms with Crippen LogP contribution in [0, 0.1) is 19.7 Å². The Balaban J connectivity index is 2.31. The van der Waals surface area contributed by atoms with Gasteiger partial charge in [-0.1, -0.05) is 11.6 Å². The number of nitrogens with zero attached hydrogens (tertiary/aromatic N) is 1. The van der Waals surface area contributed by atoms with E-state index in [1.165, 1.54) is 6.07 Å². The molecule has 8 heteroatoms. The van der Waals surface area contributed by atoms with Crippen LogP contribution in [0.2, 0.25) is 5.02 Å². The predicted molar refractivity (Wildman–Crippen MR) is 88.7 cm³/mol. The van der Waals surface area contributed by atoms with Crippen LogP contribution in [0.1, 0.15) is 21.6 Å². The zero-order valence-electron chi connectivity index (χ0n) is 13.0. The number of hydrogen-bond donors (Lipinski definition) is 2. The van der Waals surface area contributed by atoms with Gasteiger partial charge in [-0.2, -0.15) is 0 Å². The van der Waals surface area contributed by atoms with Gasteiger partial charge in [0.1, 0.15) is 17.9 Å². The maximum absolute atomic E-state index is 13.0. The van der Waals surface area contributed by atoms with Crippen LogP contribution < -0.4 is 16.6 Å². The summed E-state index contributed by atoms with van der Waals surface area (Å²) in [5.41, 5.74) is 5.59. The number of carbonyl (C=O) groups excluding carboxylic acids is 2. The number of rotatable bonds is 4. The van der Waals surface area contributed by atoms with E-state index in [0.29, 0.717) is 11.3 Å². The number of aromatic nitrogens is 1. The van der Waals surface area contributed by atoms with Crippen LogP contribution in [-0.4, -0.2) is 16.4 Å². The summed E-state index contributed by atoms with van der Waals surface area (Å²) >= 11 is 5.84. The molecule has 0 aliphatic rings. The fourth-order valence-corrected chi connectivity index (χ4v) is 2.56. The molecule has 0 radical (unpaired) electrons. The first-order chi connectivity index (χ1) is 11.2. The van der Waals surface area contributed by atoms with Crippen LogP contribution >= 0.6 is 11.6 Å². The molecule has 1 aromatic heterocycles. The zero-order chi connectivity index (χ0) is 18.0. The number of halogens is 2. The number of hydrogen-bond acceptors (Lipinski definition) is 3. The van der Waals surface area contributed by atoms with E-state index in [-0.39, 0.29) is 22.8 Å². The molecule has 2 amide bonds. The number of anilines is 1. The van der Waals surface area contributed by atoms with E-state index in [1.54, 1.807) is 19.9 Å². The van der Waals surface area contributed by atoms with Gasteiger partial charge in [0.25, 0.3) is 11.5 Å². The fraction of sp³-hybridized carbons (Fsp3) is 0.188. The lowest BCUT2D eigenvalue weighted by molar-refractivity contribution is -0.116. The second kappa shape index (κ2) is 6.84. The Labute approximate surface area is 142 Å². The Kier molecular flexibility index (Phi) is 5.04. The molecule has 0 aliphatic heterocycles. The number of nitrogens with two attached hydrogens (primary N) is 1. The summed E-state index contributed by atoms with van der Waals surface area (Å²) in [6.07, 6.45) is 0. The van der Waals surface area contributed by atoms with Crippen LogP contribution in [0.5, 0.6) is 0 Å². The first-order valence-corrected chi connectivity index (χ1v) is 7.34. The second-order valence-corrected chi connectivity index (χ2v) is 5.68. The van der Waals surface area contributed by atoms with E-state index < -0.39 is 23.2 Å². The van der Waals surface area contributed by atoms with Crippen LogP contribution in [0.25, 0.3) is 0 Å². The van der Waals surface area contributed by atoms with Crippen molar-refractivity contribution in [3.63, 3.8) is 0 Å². The van der Waals surface area contributed by atoms with E-state index in [0.717, 1.165) is 16.7 Å². The van der Waals surface area contributed by atoms with E-state index in [9.17, 15) is 18.8 Å². The highest BCUT2D eigenvalue weighted by Gasteiger charge is 2.17. The van der Waals surface area contributed by atoms with E-state index in [1.807, 2.05) is 0 Å². The zero-order valence-corrected chi connectivity index (χ0v) is 13.8. The average molecular weight is 352 g/mol. The van der Waals surface area contributed by atoms with Crippen molar-refractivity contribution in [1.82, 2.24) is 4.57 Å². The third-order valence-corrected chi connectivity index (χ3v) is 3.77. The topological polar surface area (TPSA) is 94.2 Å². The third-order valence-electron chi connectivity index (χ3n) is 3.46. The van der Waals surface area contributed by atoms with Gasteiger partial charge in [-0.15, -0.1) is 0 Å².